The van der Waals surface area contributed by atoms with Crippen LogP contribution in [0.25, 0.3) is 0 Å². The Labute approximate surface area is 110 Å². The molecule has 0 aliphatic carbocycles. The first kappa shape index (κ1) is 12.6. The summed E-state index contributed by atoms with van der Waals surface area (Å²) < 4.78 is 5.28. The van der Waals surface area contributed by atoms with Gasteiger partial charge in [0.05, 0.1) is 13.2 Å². The van der Waals surface area contributed by atoms with Gasteiger partial charge in [-0.05, 0) is 18.4 Å². The molecule has 0 amide bonds. The van der Waals surface area contributed by atoms with Crippen LogP contribution >= 0.6 is 11.3 Å². The molecular weight excluding hydrogens is 248 g/mol. The third-order valence-electron chi connectivity index (χ3n) is 2.89. The molecule has 2 heterocycles. The van der Waals surface area contributed by atoms with Crippen LogP contribution in [0.1, 0.15) is 17.8 Å². The number of aromatic nitrogens is 2. The van der Waals surface area contributed by atoms with Gasteiger partial charge in [0.15, 0.2) is 11.6 Å². The summed E-state index contributed by atoms with van der Waals surface area (Å²) in [7, 11) is 3.54. The van der Waals surface area contributed by atoms with Crippen LogP contribution in [0.15, 0.2) is 23.8 Å². The second-order valence-electron chi connectivity index (χ2n) is 3.92. The summed E-state index contributed by atoms with van der Waals surface area (Å²) in [5.41, 5.74) is 5.79. The van der Waals surface area contributed by atoms with Crippen molar-refractivity contribution in [2.45, 2.75) is 13.0 Å². The van der Waals surface area contributed by atoms with Crippen LogP contribution in [0.2, 0.25) is 0 Å². The number of nitrogens with zero attached hydrogens (tertiary/aromatic N) is 3. The Morgan fingerprint density at radius 1 is 1.44 bits per heavy atom. The van der Waals surface area contributed by atoms with Gasteiger partial charge in [0.25, 0.3) is 0 Å². The van der Waals surface area contributed by atoms with Crippen molar-refractivity contribution in [1.82, 2.24) is 9.97 Å². The van der Waals surface area contributed by atoms with Crippen molar-refractivity contribution >= 4 is 23.0 Å². The predicted octanol–water partition coefficient (Wildman–Crippen LogP) is 2.33. The van der Waals surface area contributed by atoms with Gasteiger partial charge >= 0.3 is 0 Å². The number of ether oxygens (including phenoxy) is 1. The largest absolute Gasteiger partial charge is 0.490 e. The number of nitrogen functional groups attached to an aromatic ring is 1. The highest BCUT2D eigenvalue weighted by Crippen LogP contribution is 2.34. The van der Waals surface area contributed by atoms with E-state index in [0.717, 1.165) is 0 Å². The molecule has 0 aliphatic heterocycles. The molecule has 5 nitrogen and oxygen atoms in total. The van der Waals surface area contributed by atoms with Crippen LogP contribution in [0.5, 0.6) is 5.75 Å². The standard InChI is InChI=1S/C12H16N4OS/c1-8(9-5-4-6-18-9)16(2)12-10(17-3)11(13)14-7-15-12/h4-8H,1-3H3,(H2,13,14,15). The minimum Gasteiger partial charge on any atom is -0.490 e. The number of hydrogen-bond acceptors (Lipinski definition) is 6. The highest BCUT2D eigenvalue weighted by atomic mass is 32.1. The summed E-state index contributed by atoms with van der Waals surface area (Å²) in [6.07, 6.45) is 1.45. The molecule has 2 aromatic rings. The summed E-state index contributed by atoms with van der Waals surface area (Å²) in [5.74, 6) is 1.57. The number of methoxy groups -OCH3 is 1. The zero-order chi connectivity index (χ0) is 13.1. The fraction of sp³-hybridized carbons (Fsp3) is 0.333. The topological polar surface area (TPSA) is 64.3 Å². The molecular formula is C12H16N4OS. The lowest BCUT2D eigenvalue weighted by Crippen LogP contribution is -2.23. The first-order valence-corrected chi connectivity index (χ1v) is 6.43. The molecule has 6 heteroatoms. The lowest BCUT2D eigenvalue weighted by atomic mass is 10.2. The van der Waals surface area contributed by atoms with E-state index in [2.05, 4.69) is 28.3 Å². The van der Waals surface area contributed by atoms with E-state index in [1.165, 1.54) is 11.2 Å². The quantitative estimate of drug-likeness (QED) is 0.918. The van der Waals surface area contributed by atoms with E-state index in [1.807, 2.05) is 18.0 Å². The average Bonchev–Trinajstić information content (AvgIpc) is 2.90. The van der Waals surface area contributed by atoms with E-state index in [9.17, 15) is 0 Å². The van der Waals surface area contributed by atoms with Gasteiger partial charge in [-0.1, -0.05) is 6.07 Å². The van der Waals surface area contributed by atoms with Crippen molar-refractivity contribution in [3.05, 3.63) is 28.7 Å². The van der Waals surface area contributed by atoms with Crippen molar-refractivity contribution in [2.75, 3.05) is 24.8 Å². The molecule has 0 radical (unpaired) electrons. The number of hydrogen-bond donors (Lipinski definition) is 1. The maximum absolute atomic E-state index is 5.79. The lowest BCUT2D eigenvalue weighted by molar-refractivity contribution is 0.412. The van der Waals surface area contributed by atoms with Gasteiger partial charge in [-0.25, -0.2) is 9.97 Å². The fourth-order valence-corrected chi connectivity index (χ4v) is 2.55. The maximum Gasteiger partial charge on any atom is 0.204 e. The van der Waals surface area contributed by atoms with Crippen molar-refractivity contribution in [3.8, 4) is 5.75 Å². The van der Waals surface area contributed by atoms with Gasteiger partial charge in [0.1, 0.15) is 6.33 Å². The van der Waals surface area contributed by atoms with E-state index >= 15 is 0 Å². The first-order valence-electron chi connectivity index (χ1n) is 5.55. The molecule has 18 heavy (non-hydrogen) atoms. The van der Waals surface area contributed by atoms with Gasteiger partial charge in [-0.3, -0.25) is 0 Å². The van der Waals surface area contributed by atoms with E-state index in [1.54, 1.807) is 18.4 Å². The predicted molar refractivity (Wildman–Crippen MR) is 74.1 cm³/mol. The Kier molecular flexibility index (Phi) is 3.66. The molecule has 0 saturated heterocycles. The molecule has 96 valence electrons. The molecule has 0 aromatic carbocycles. The number of anilines is 2. The number of nitrogens with two attached hydrogens (primary N) is 1. The van der Waals surface area contributed by atoms with Crippen LogP contribution in [0.3, 0.4) is 0 Å². The summed E-state index contributed by atoms with van der Waals surface area (Å²) >= 11 is 1.71. The summed E-state index contributed by atoms with van der Waals surface area (Å²) in [4.78, 5) is 11.5. The normalized spacial score (nSPS) is 12.2. The number of thiophene rings is 1. The smallest absolute Gasteiger partial charge is 0.204 e. The van der Waals surface area contributed by atoms with E-state index in [-0.39, 0.29) is 6.04 Å². The minimum absolute atomic E-state index is 0.202. The van der Waals surface area contributed by atoms with E-state index < -0.39 is 0 Å². The summed E-state index contributed by atoms with van der Waals surface area (Å²) in [6, 6.07) is 4.34. The van der Waals surface area contributed by atoms with Crippen LogP contribution < -0.4 is 15.4 Å². The van der Waals surface area contributed by atoms with Crippen LogP contribution in [-0.4, -0.2) is 24.1 Å². The molecule has 0 bridgehead atoms. The molecule has 0 fully saturated rings. The van der Waals surface area contributed by atoms with Gasteiger partial charge in [0.2, 0.25) is 5.75 Å². The zero-order valence-corrected chi connectivity index (χ0v) is 11.4. The molecule has 2 N–H and O–H groups in total. The van der Waals surface area contributed by atoms with E-state index in [4.69, 9.17) is 10.5 Å². The van der Waals surface area contributed by atoms with E-state index in [0.29, 0.717) is 17.4 Å². The second-order valence-corrected chi connectivity index (χ2v) is 4.90. The summed E-state index contributed by atoms with van der Waals surface area (Å²) in [6.45, 7) is 2.11. The third kappa shape index (κ3) is 2.24. The fourth-order valence-electron chi connectivity index (χ4n) is 1.73. The molecule has 0 aliphatic rings. The van der Waals surface area contributed by atoms with Crippen molar-refractivity contribution in [2.24, 2.45) is 0 Å². The molecule has 0 saturated carbocycles. The highest BCUT2D eigenvalue weighted by molar-refractivity contribution is 7.10. The third-order valence-corrected chi connectivity index (χ3v) is 3.93. The molecule has 2 aromatic heterocycles. The van der Waals surface area contributed by atoms with Crippen LogP contribution in [0, 0.1) is 0 Å². The molecule has 2 rings (SSSR count). The molecule has 0 spiro atoms. The Balaban J connectivity index is 2.34. The second kappa shape index (κ2) is 5.22. The van der Waals surface area contributed by atoms with Crippen LogP contribution in [-0.2, 0) is 0 Å². The Bertz CT molecular complexity index is 515. The van der Waals surface area contributed by atoms with Crippen LogP contribution in [0.4, 0.5) is 11.6 Å². The molecule has 1 unspecified atom stereocenters. The maximum atomic E-state index is 5.79. The zero-order valence-electron chi connectivity index (χ0n) is 10.6. The van der Waals surface area contributed by atoms with Crippen molar-refractivity contribution < 1.29 is 4.74 Å². The van der Waals surface area contributed by atoms with Gasteiger partial charge in [0, 0.05) is 11.9 Å². The van der Waals surface area contributed by atoms with Crippen molar-refractivity contribution in [1.29, 1.82) is 0 Å². The van der Waals surface area contributed by atoms with Crippen molar-refractivity contribution in [3.63, 3.8) is 0 Å². The lowest BCUT2D eigenvalue weighted by Gasteiger charge is -2.26. The minimum atomic E-state index is 0.202. The van der Waals surface area contributed by atoms with Gasteiger partial charge < -0.3 is 15.4 Å². The SMILES string of the molecule is COc1c(N)ncnc1N(C)C(C)c1cccs1. The monoisotopic (exact) mass is 264 g/mol. The summed E-state index contributed by atoms with van der Waals surface area (Å²) in [5, 5.41) is 2.06. The number of rotatable bonds is 4. The average molecular weight is 264 g/mol. The Hall–Kier alpha value is -1.82. The Morgan fingerprint density at radius 3 is 2.83 bits per heavy atom. The highest BCUT2D eigenvalue weighted by Gasteiger charge is 2.19. The first-order chi connectivity index (χ1) is 8.65. The van der Waals surface area contributed by atoms with Gasteiger partial charge in [-0.15, -0.1) is 11.3 Å². The van der Waals surface area contributed by atoms with Gasteiger partial charge in [-0.2, -0.15) is 0 Å². The molecule has 1 atom stereocenters. The Morgan fingerprint density at radius 2 is 2.22 bits per heavy atom.